The molecule has 154 valence electrons. The molecule has 2 rings (SSSR count). The third kappa shape index (κ3) is 4.32. The molecule has 0 aliphatic carbocycles. The van der Waals surface area contributed by atoms with Gasteiger partial charge in [-0.25, -0.2) is 13.8 Å². The lowest BCUT2D eigenvalue weighted by molar-refractivity contribution is -0.144. The maximum atomic E-state index is 14.5. The van der Waals surface area contributed by atoms with E-state index in [2.05, 4.69) is 4.74 Å². The molecule has 1 heterocycles. The molecule has 7 nitrogen and oxygen atoms in total. The Hall–Kier alpha value is -3.13. The van der Waals surface area contributed by atoms with Gasteiger partial charge >= 0.3 is 17.8 Å². The zero-order chi connectivity index (χ0) is 22.1. The molecular weight excluding hydrogens is 422 g/mol. The second kappa shape index (κ2) is 8.08. The number of esters is 1. The van der Waals surface area contributed by atoms with Crippen LogP contribution in [-0.4, -0.2) is 27.6 Å². The molecule has 12 heteroatoms. The van der Waals surface area contributed by atoms with Gasteiger partial charge in [0, 0.05) is 19.5 Å². The van der Waals surface area contributed by atoms with Crippen molar-refractivity contribution in [2.75, 3.05) is 7.11 Å². The molecule has 0 N–H and O–H groups in total. The monoisotopic (exact) mass is 433 g/mol. The summed E-state index contributed by atoms with van der Waals surface area (Å²) in [6.07, 6.45) is -5.30. The van der Waals surface area contributed by atoms with Crippen LogP contribution in [0.25, 0.3) is 5.69 Å². The van der Waals surface area contributed by atoms with Gasteiger partial charge in [-0.2, -0.15) is 18.4 Å². The van der Waals surface area contributed by atoms with Gasteiger partial charge in [0.2, 0.25) is 0 Å². The highest BCUT2D eigenvalue weighted by Crippen LogP contribution is 2.27. The van der Waals surface area contributed by atoms with Crippen molar-refractivity contribution < 1.29 is 27.1 Å². The number of nitriles is 1. The second-order valence-corrected chi connectivity index (χ2v) is 6.34. The van der Waals surface area contributed by atoms with Crippen molar-refractivity contribution in [3.8, 4) is 11.8 Å². The summed E-state index contributed by atoms with van der Waals surface area (Å²) in [5.74, 6) is -2.04. The van der Waals surface area contributed by atoms with Gasteiger partial charge in [0.1, 0.15) is 16.9 Å². The molecule has 0 bridgehead atoms. The van der Waals surface area contributed by atoms with Gasteiger partial charge in [-0.05, 0) is 17.7 Å². The molecule has 0 aliphatic heterocycles. The number of ether oxygens (including phenoxy) is 1. The molecule has 0 spiro atoms. The van der Waals surface area contributed by atoms with E-state index in [0.717, 1.165) is 20.2 Å². The Morgan fingerprint density at radius 2 is 1.93 bits per heavy atom. The molecule has 0 saturated carbocycles. The maximum Gasteiger partial charge on any atom is 0.431 e. The summed E-state index contributed by atoms with van der Waals surface area (Å²) in [5, 5.41) is 7.89. The fourth-order valence-corrected chi connectivity index (χ4v) is 2.83. The lowest BCUT2D eigenvalue weighted by Crippen LogP contribution is -2.41. The first-order valence-electron chi connectivity index (χ1n) is 7.77. The topological polar surface area (TPSA) is 94.1 Å². The summed E-state index contributed by atoms with van der Waals surface area (Å²) in [6, 6.07) is 3.42. The summed E-state index contributed by atoms with van der Waals surface area (Å²) < 4.78 is 58.2. The van der Waals surface area contributed by atoms with E-state index in [-0.39, 0.29) is 32.7 Å². The van der Waals surface area contributed by atoms with Crippen molar-refractivity contribution in [2.24, 2.45) is 7.05 Å². The van der Waals surface area contributed by atoms with Crippen molar-refractivity contribution in [1.29, 1.82) is 5.26 Å². The standard InChI is InChI=1S/C17H12ClF4N3O4/c1-24-13(17(20,21)22)6-14(26)25(16(24)28)12-5-8(3-10(18)15(27)29-2)9(7-23)4-11(12)19/h4-6,10H,3H2,1-2H3. The van der Waals surface area contributed by atoms with Gasteiger partial charge in [-0.15, -0.1) is 11.6 Å². The van der Waals surface area contributed by atoms with E-state index in [0.29, 0.717) is 6.07 Å². The molecule has 2 aromatic rings. The number of hydrogen-bond acceptors (Lipinski definition) is 5. The van der Waals surface area contributed by atoms with Crippen LogP contribution in [0.4, 0.5) is 17.6 Å². The summed E-state index contributed by atoms with van der Waals surface area (Å²) >= 11 is 5.85. The summed E-state index contributed by atoms with van der Waals surface area (Å²) in [5.41, 5.74) is -5.32. The van der Waals surface area contributed by atoms with Crippen LogP contribution < -0.4 is 11.2 Å². The number of benzene rings is 1. The molecule has 1 aromatic heterocycles. The lowest BCUT2D eigenvalue weighted by atomic mass is 10.0. The van der Waals surface area contributed by atoms with Crippen molar-refractivity contribution >= 4 is 17.6 Å². The number of halogens is 5. The van der Waals surface area contributed by atoms with Crippen LogP contribution >= 0.6 is 11.6 Å². The molecule has 0 radical (unpaired) electrons. The van der Waals surface area contributed by atoms with E-state index < -0.39 is 46.0 Å². The van der Waals surface area contributed by atoms with E-state index in [1.54, 1.807) is 6.07 Å². The Bertz CT molecular complexity index is 1130. The molecule has 0 aliphatic rings. The number of carbonyl (C=O) groups is 1. The molecule has 29 heavy (non-hydrogen) atoms. The van der Waals surface area contributed by atoms with Gasteiger partial charge < -0.3 is 4.74 Å². The highest BCUT2D eigenvalue weighted by Gasteiger charge is 2.35. The van der Waals surface area contributed by atoms with Crippen molar-refractivity contribution in [1.82, 2.24) is 9.13 Å². The van der Waals surface area contributed by atoms with Gasteiger partial charge in [0.25, 0.3) is 5.56 Å². The number of carbonyl (C=O) groups excluding carboxylic acids is 1. The van der Waals surface area contributed by atoms with Crippen LogP contribution in [0.2, 0.25) is 0 Å². The average Bonchev–Trinajstić information content (AvgIpc) is 2.64. The van der Waals surface area contributed by atoms with Crippen molar-refractivity contribution in [2.45, 2.75) is 18.0 Å². The Morgan fingerprint density at radius 1 is 1.31 bits per heavy atom. The van der Waals surface area contributed by atoms with E-state index in [4.69, 9.17) is 16.9 Å². The minimum atomic E-state index is -4.98. The van der Waals surface area contributed by atoms with Crippen molar-refractivity contribution in [3.63, 3.8) is 0 Å². The highest BCUT2D eigenvalue weighted by atomic mass is 35.5. The predicted molar refractivity (Wildman–Crippen MR) is 92.3 cm³/mol. The van der Waals surface area contributed by atoms with E-state index in [1.807, 2.05) is 0 Å². The zero-order valence-electron chi connectivity index (χ0n) is 14.9. The normalized spacial score (nSPS) is 12.3. The molecule has 0 amide bonds. The first-order valence-corrected chi connectivity index (χ1v) is 8.21. The Labute approximate surface area is 165 Å². The van der Waals surface area contributed by atoms with Gasteiger partial charge in [-0.3, -0.25) is 14.2 Å². The fraction of sp³-hybridized carbons (Fsp3) is 0.294. The number of rotatable bonds is 4. The largest absolute Gasteiger partial charge is 0.468 e. The predicted octanol–water partition coefficient (Wildman–Crippen LogP) is 1.89. The van der Waals surface area contributed by atoms with Crippen LogP contribution in [0.1, 0.15) is 16.8 Å². The van der Waals surface area contributed by atoms with Crippen LogP contribution in [0.3, 0.4) is 0 Å². The Morgan fingerprint density at radius 3 is 2.45 bits per heavy atom. The van der Waals surface area contributed by atoms with Crippen LogP contribution in [0, 0.1) is 17.1 Å². The molecule has 0 fully saturated rings. The van der Waals surface area contributed by atoms with Crippen molar-refractivity contribution in [3.05, 3.63) is 61.7 Å². The Kier molecular flexibility index (Phi) is 6.18. The van der Waals surface area contributed by atoms with E-state index in [9.17, 15) is 31.9 Å². The average molecular weight is 434 g/mol. The quantitative estimate of drug-likeness (QED) is 0.417. The smallest absolute Gasteiger partial charge is 0.431 e. The van der Waals surface area contributed by atoms with Gasteiger partial charge in [0.15, 0.2) is 0 Å². The van der Waals surface area contributed by atoms with Crippen LogP contribution in [0.5, 0.6) is 0 Å². The summed E-state index contributed by atoms with van der Waals surface area (Å²) in [4.78, 5) is 36.0. The first kappa shape index (κ1) is 22.2. The first-order chi connectivity index (χ1) is 13.4. The number of hydrogen-bond donors (Lipinski definition) is 0. The minimum Gasteiger partial charge on any atom is -0.468 e. The zero-order valence-corrected chi connectivity index (χ0v) is 15.6. The fourth-order valence-electron chi connectivity index (χ4n) is 2.57. The van der Waals surface area contributed by atoms with E-state index >= 15 is 0 Å². The minimum absolute atomic E-state index is 0.0110. The molecule has 0 saturated heterocycles. The van der Waals surface area contributed by atoms with Crippen LogP contribution in [0.15, 0.2) is 27.8 Å². The maximum absolute atomic E-state index is 14.5. The Balaban J connectivity index is 2.74. The molecule has 1 aromatic carbocycles. The summed E-state index contributed by atoms with van der Waals surface area (Å²) in [6.45, 7) is 0. The number of methoxy groups -OCH3 is 1. The van der Waals surface area contributed by atoms with E-state index in [1.165, 1.54) is 0 Å². The second-order valence-electron chi connectivity index (χ2n) is 5.81. The number of alkyl halides is 4. The van der Waals surface area contributed by atoms with Gasteiger partial charge in [-0.1, -0.05) is 0 Å². The lowest BCUT2D eigenvalue weighted by Gasteiger charge is -2.16. The SMILES string of the molecule is COC(=O)C(Cl)Cc1cc(-n2c(=O)cc(C(F)(F)F)n(C)c2=O)c(F)cc1C#N. The summed E-state index contributed by atoms with van der Waals surface area (Å²) in [7, 11) is 1.85. The third-order valence-electron chi connectivity index (χ3n) is 4.00. The highest BCUT2D eigenvalue weighted by molar-refractivity contribution is 6.30. The third-order valence-corrected chi connectivity index (χ3v) is 4.33. The number of aromatic nitrogens is 2. The van der Waals surface area contributed by atoms with Crippen LogP contribution in [-0.2, 0) is 29.2 Å². The van der Waals surface area contributed by atoms with Gasteiger partial charge in [0.05, 0.1) is 24.4 Å². The molecular formula is C17H12ClF4N3O4. The molecule has 1 unspecified atom stereocenters. The molecule has 1 atom stereocenters. The number of nitrogens with zero attached hydrogens (tertiary/aromatic N) is 3.